The molecule has 0 aliphatic carbocycles. The maximum atomic E-state index is 5.61. The first kappa shape index (κ1) is 13.9. The Hall–Kier alpha value is -0.160. The zero-order valence-electron chi connectivity index (χ0n) is 9.47. The number of piperidine rings is 1. The highest BCUT2D eigenvalue weighted by molar-refractivity contribution is 7.09. The Morgan fingerprint density at radius 3 is 3.12 bits per heavy atom. The van der Waals surface area contributed by atoms with Gasteiger partial charge in [0, 0.05) is 24.2 Å². The van der Waals surface area contributed by atoms with E-state index in [1.54, 1.807) is 11.3 Å². The Bertz CT molecular complexity index is 277. The molecule has 1 unspecified atom stereocenters. The minimum atomic E-state index is 0. The zero-order valence-corrected chi connectivity index (χ0v) is 11.1. The highest BCUT2D eigenvalue weighted by atomic mass is 35.5. The molecule has 1 aliphatic heterocycles. The fourth-order valence-corrected chi connectivity index (χ4v) is 2.94. The minimum Gasteiger partial charge on any atom is -0.330 e. The lowest BCUT2D eigenvalue weighted by Crippen LogP contribution is -2.35. The van der Waals surface area contributed by atoms with Gasteiger partial charge in [-0.05, 0) is 38.3 Å². The fraction of sp³-hybridized carbons (Fsp3) is 0.727. The number of nitrogens with two attached hydrogens (primary N) is 1. The number of thiazole rings is 1. The number of likely N-dealkylation sites (tertiary alicyclic amines) is 1. The summed E-state index contributed by atoms with van der Waals surface area (Å²) >= 11 is 1.75. The van der Waals surface area contributed by atoms with Crippen LogP contribution in [-0.4, -0.2) is 29.5 Å². The standard InChI is InChI=1S/C11H19N3S.ClH/c12-4-3-10-2-1-5-14(7-10)8-11-6-13-9-15-11;/h6,9-10H,1-5,7-8,12H2;1H. The number of rotatable bonds is 4. The summed E-state index contributed by atoms with van der Waals surface area (Å²) in [5.41, 5.74) is 7.53. The average Bonchev–Trinajstić information content (AvgIpc) is 2.71. The van der Waals surface area contributed by atoms with Crippen LogP contribution in [0.3, 0.4) is 0 Å². The normalized spacial score (nSPS) is 21.7. The molecule has 0 spiro atoms. The van der Waals surface area contributed by atoms with Gasteiger partial charge in [-0.2, -0.15) is 0 Å². The van der Waals surface area contributed by atoms with E-state index in [1.807, 2.05) is 11.7 Å². The Morgan fingerprint density at radius 1 is 1.56 bits per heavy atom. The molecular formula is C11H20ClN3S. The van der Waals surface area contributed by atoms with Crippen molar-refractivity contribution in [1.29, 1.82) is 0 Å². The summed E-state index contributed by atoms with van der Waals surface area (Å²) in [6.07, 6.45) is 5.84. The Kier molecular flexibility index (Phi) is 6.28. The Balaban J connectivity index is 0.00000128. The van der Waals surface area contributed by atoms with Gasteiger partial charge in [0.2, 0.25) is 0 Å². The molecule has 1 aliphatic rings. The first-order valence-corrected chi connectivity index (χ1v) is 6.56. The van der Waals surface area contributed by atoms with E-state index in [0.29, 0.717) is 0 Å². The summed E-state index contributed by atoms with van der Waals surface area (Å²) in [4.78, 5) is 8.03. The van der Waals surface area contributed by atoms with Crippen LogP contribution < -0.4 is 5.73 Å². The van der Waals surface area contributed by atoms with Gasteiger partial charge in [-0.25, -0.2) is 0 Å². The van der Waals surface area contributed by atoms with Crippen molar-refractivity contribution in [3.63, 3.8) is 0 Å². The van der Waals surface area contributed by atoms with Gasteiger partial charge < -0.3 is 5.73 Å². The van der Waals surface area contributed by atoms with Crippen molar-refractivity contribution in [3.05, 3.63) is 16.6 Å². The Labute approximate surface area is 107 Å². The lowest BCUT2D eigenvalue weighted by Gasteiger charge is -2.32. The van der Waals surface area contributed by atoms with Crippen molar-refractivity contribution < 1.29 is 0 Å². The van der Waals surface area contributed by atoms with E-state index in [2.05, 4.69) is 9.88 Å². The van der Waals surface area contributed by atoms with Crippen LogP contribution in [0.15, 0.2) is 11.7 Å². The average molecular weight is 262 g/mol. The van der Waals surface area contributed by atoms with Crippen molar-refractivity contribution in [2.24, 2.45) is 11.7 Å². The third-order valence-electron chi connectivity index (χ3n) is 3.04. The molecule has 2 N–H and O–H groups in total. The summed E-state index contributed by atoms with van der Waals surface area (Å²) in [6.45, 7) is 4.36. The third kappa shape index (κ3) is 4.01. The van der Waals surface area contributed by atoms with Gasteiger partial charge in [0.1, 0.15) is 0 Å². The van der Waals surface area contributed by atoms with Crippen LogP contribution in [0.25, 0.3) is 0 Å². The molecular weight excluding hydrogens is 242 g/mol. The zero-order chi connectivity index (χ0) is 10.5. The molecule has 2 heterocycles. The molecule has 1 aromatic rings. The third-order valence-corrected chi connectivity index (χ3v) is 3.81. The van der Waals surface area contributed by atoms with Gasteiger partial charge in [0.25, 0.3) is 0 Å². The van der Waals surface area contributed by atoms with E-state index in [9.17, 15) is 0 Å². The van der Waals surface area contributed by atoms with E-state index >= 15 is 0 Å². The molecule has 16 heavy (non-hydrogen) atoms. The summed E-state index contributed by atoms with van der Waals surface area (Å²) in [7, 11) is 0. The van der Waals surface area contributed by atoms with E-state index in [1.165, 1.54) is 37.2 Å². The van der Waals surface area contributed by atoms with Crippen molar-refractivity contribution in [2.75, 3.05) is 19.6 Å². The molecule has 92 valence electrons. The van der Waals surface area contributed by atoms with Crippen LogP contribution >= 0.6 is 23.7 Å². The molecule has 0 radical (unpaired) electrons. The monoisotopic (exact) mass is 261 g/mol. The number of halogens is 1. The maximum Gasteiger partial charge on any atom is 0.0794 e. The van der Waals surface area contributed by atoms with Crippen LogP contribution in [0, 0.1) is 5.92 Å². The van der Waals surface area contributed by atoms with E-state index in [0.717, 1.165) is 19.0 Å². The van der Waals surface area contributed by atoms with Gasteiger partial charge in [-0.3, -0.25) is 9.88 Å². The minimum absolute atomic E-state index is 0. The van der Waals surface area contributed by atoms with Gasteiger partial charge in [0.05, 0.1) is 5.51 Å². The van der Waals surface area contributed by atoms with Gasteiger partial charge in [-0.1, -0.05) is 0 Å². The second kappa shape index (κ2) is 7.22. The summed E-state index contributed by atoms with van der Waals surface area (Å²) in [5, 5.41) is 0. The summed E-state index contributed by atoms with van der Waals surface area (Å²) < 4.78 is 0. The molecule has 5 heteroatoms. The van der Waals surface area contributed by atoms with Crippen molar-refractivity contribution in [3.8, 4) is 0 Å². The predicted octanol–water partition coefficient (Wildman–Crippen LogP) is 2.13. The van der Waals surface area contributed by atoms with Crippen LogP contribution in [0.5, 0.6) is 0 Å². The first-order valence-electron chi connectivity index (χ1n) is 5.68. The topological polar surface area (TPSA) is 42.1 Å². The van der Waals surface area contributed by atoms with Crippen LogP contribution in [0.4, 0.5) is 0 Å². The number of hydrogen-bond donors (Lipinski definition) is 1. The highest BCUT2D eigenvalue weighted by Gasteiger charge is 2.19. The van der Waals surface area contributed by atoms with E-state index in [-0.39, 0.29) is 12.4 Å². The molecule has 0 aromatic carbocycles. The van der Waals surface area contributed by atoms with Crippen LogP contribution in [0.1, 0.15) is 24.1 Å². The molecule has 1 saturated heterocycles. The molecule has 0 amide bonds. The van der Waals surface area contributed by atoms with Gasteiger partial charge in [-0.15, -0.1) is 23.7 Å². The SMILES string of the molecule is Cl.NCCC1CCCN(Cc2cncs2)C1. The molecule has 0 saturated carbocycles. The summed E-state index contributed by atoms with van der Waals surface area (Å²) in [6, 6.07) is 0. The second-order valence-electron chi connectivity index (χ2n) is 4.29. The van der Waals surface area contributed by atoms with Crippen LogP contribution in [-0.2, 0) is 6.54 Å². The predicted molar refractivity (Wildman–Crippen MR) is 71.0 cm³/mol. The van der Waals surface area contributed by atoms with Crippen LogP contribution in [0.2, 0.25) is 0 Å². The summed E-state index contributed by atoms with van der Waals surface area (Å²) in [5.74, 6) is 0.816. The second-order valence-corrected chi connectivity index (χ2v) is 5.26. The lowest BCUT2D eigenvalue weighted by atomic mass is 9.95. The molecule has 1 fully saturated rings. The lowest BCUT2D eigenvalue weighted by molar-refractivity contribution is 0.164. The van der Waals surface area contributed by atoms with Crippen molar-refractivity contribution in [1.82, 2.24) is 9.88 Å². The largest absolute Gasteiger partial charge is 0.330 e. The molecule has 1 atom stereocenters. The number of aromatic nitrogens is 1. The van der Waals surface area contributed by atoms with Crippen molar-refractivity contribution >= 4 is 23.7 Å². The quantitative estimate of drug-likeness (QED) is 0.903. The molecule has 0 bridgehead atoms. The van der Waals surface area contributed by atoms with E-state index in [4.69, 9.17) is 5.73 Å². The van der Waals surface area contributed by atoms with E-state index < -0.39 is 0 Å². The number of hydrogen-bond acceptors (Lipinski definition) is 4. The molecule has 3 nitrogen and oxygen atoms in total. The van der Waals surface area contributed by atoms with Gasteiger partial charge in [0.15, 0.2) is 0 Å². The molecule has 2 rings (SSSR count). The fourth-order valence-electron chi connectivity index (χ4n) is 2.31. The smallest absolute Gasteiger partial charge is 0.0794 e. The maximum absolute atomic E-state index is 5.61. The number of nitrogens with zero attached hydrogens (tertiary/aromatic N) is 2. The van der Waals surface area contributed by atoms with Crippen molar-refractivity contribution in [2.45, 2.75) is 25.8 Å². The highest BCUT2D eigenvalue weighted by Crippen LogP contribution is 2.21. The van der Waals surface area contributed by atoms with Gasteiger partial charge >= 0.3 is 0 Å². The molecule has 1 aromatic heterocycles. The first-order chi connectivity index (χ1) is 7.38. The Morgan fingerprint density at radius 2 is 2.44 bits per heavy atom.